The van der Waals surface area contributed by atoms with Gasteiger partial charge in [0.2, 0.25) is 11.7 Å². The van der Waals surface area contributed by atoms with Gasteiger partial charge in [-0.05, 0) is 18.6 Å². The maximum atomic E-state index is 12.0. The third-order valence-electron chi connectivity index (χ3n) is 4.41. The zero-order valence-corrected chi connectivity index (χ0v) is 17.3. The van der Waals surface area contributed by atoms with Gasteiger partial charge < -0.3 is 15.2 Å². The molecule has 0 bridgehead atoms. The monoisotopic (exact) mass is 470 g/mol. The summed E-state index contributed by atoms with van der Waals surface area (Å²) in [6, 6.07) is 4.41. The molecule has 3 aromatic rings. The van der Waals surface area contributed by atoms with Crippen LogP contribution in [0.2, 0.25) is 15.2 Å². The highest BCUT2D eigenvalue weighted by atomic mass is 35.5. The lowest BCUT2D eigenvalue weighted by Gasteiger charge is -2.13. The molecule has 0 radical (unpaired) electrons. The van der Waals surface area contributed by atoms with Gasteiger partial charge >= 0.3 is 5.69 Å². The van der Waals surface area contributed by atoms with Gasteiger partial charge in [0.25, 0.3) is 5.56 Å². The van der Waals surface area contributed by atoms with E-state index in [0.29, 0.717) is 13.2 Å². The molecule has 1 fully saturated rings. The topological polar surface area (TPSA) is 138 Å². The molecule has 2 aromatic heterocycles. The SMILES string of the molecule is Nc1nn(-c2cc(Cl)c(Oc3cc(C4CCOC4)c(Cl)nn3)c(Cl)c2)c(=O)[nH]c1=O. The Morgan fingerprint density at radius 2 is 1.90 bits per heavy atom. The van der Waals surface area contributed by atoms with Crippen LogP contribution in [0.15, 0.2) is 27.8 Å². The smallest absolute Gasteiger partial charge is 0.349 e. The summed E-state index contributed by atoms with van der Waals surface area (Å²) in [6.07, 6.45) is 0.811. The minimum atomic E-state index is -0.804. The summed E-state index contributed by atoms with van der Waals surface area (Å²) < 4.78 is 12.0. The molecule has 1 saturated heterocycles. The number of hydrogen-bond donors (Lipinski definition) is 2. The van der Waals surface area contributed by atoms with Gasteiger partial charge in [-0.15, -0.1) is 15.3 Å². The summed E-state index contributed by atoms with van der Waals surface area (Å²) in [6.45, 7) is 1.17. The number of anilines is 1. The number of ether oxygens (including phenoxy) is 2. The number of hydrogen-bond acceptors (Lipinski definition) is 8. The van der Waals surface area contributed by atoms with Crippen LogP contribution in [0.3, 0.4) is 0 Å². The van der Waals surface area contributed by atoms with Gasteiger partial charge in [0.05, 0.1) is 22.3 Å². The van der Waals surface area contributed by atoms with Crippen molar-refractivity contribution in [3.05, 3.63) is 59.8 Å². The molecule has 1 aliphatic heterocycles. The largest absolute Gasteiger partial charge is 0.434 e. The Labute approximate surface area is 183 Å². The summed E-state index contributed by atoms with van der Waals surface area (Å²) in [5.41, 5.74) is 4.81. The lowest BCUT2D eigenvalue weighted by Crippen LogP contribution is -2.33. The fourth-order valence-electron chi connectivity index (χ4n) is 2.95. The molecule has 0 saturated carbocycles. The van der Waals surface area contributed by atoms with Crippen molar-refractivity contribution in [2.24, 2.45) is 0 Å². The highest BCUT2D eigenvalue weighted by Crippen LogP contribution is 2.39. The lowest BCUT2D eigenvalue weighted by atomic mass is 10.0. The molecule has 1 aromatic carbocycles. The molecule has 13 heteroatoms. The van der Waals surface area contributed by atoms with E-state index in [-0.39, 0.29) is 44.3 Å². The van der Waals surface area contributed by atoms with E-state index in [9.17, 15) is 9.59 Å². The van der Waals surface area contributed by atoms with Gasteiger partial charge in [-0.3, -0.25) is 9.78 Å². The Morgan fingerprint density at radius 1 is 1.17 bits per heavy atom. The molecular weight excluding hydrogens is 459 g/mol. The first-order valence-electron chi connectivity index (χ1n) is 8.60. The normalized spacial score (nSPS) is 16.0. The maximum absolute atomic E-state index is 12.0. The van der Waals surface area contributed by atoms with Crippen molar-refractivity contribution >= 4 is 40.6 Å². The van der Waals surface area contributed by atoms with Gasteiger partial charge in [-0.25, -0.2) is 4.79 Å². The molecule has 1 unspecified atom stereocenters. The Bertz CT molecular complexity index is 1220. The average molecular weight is 472 g/mol. The molecule has 1 atom stereocenters. The Morgan fingerprint density at radius 3 is 2.57 bits per heavy atom. The zero-order chi connectivity index (χ0) is 21.4. The Balaban J connectivity index is 1.68. The standard InChI is InChI=1S/C17H13Cl3N6O4/c18-10-3-8(26-17(28)22-16(27)15(21)25-26)4-11(19)13(10)30-12-5-9(14(20)24-23-12)7-1-2-29-6-7/h3-5,7H,1-2,6H2,(H2,21,25)(H,22,27,28). The van der Waals surface area contributed by atoms with Crippen molar-refractivity contribution < 1.29 is 9.47 Å². The third-order valence-corrected chi connectivity index (χ3v) is 5.27. The average Bonchev–Trinajstić information content (AvgIpc) is 3.23. The van der Waals surface area contributed by atoms with Crippen LogP contribution in [0.1, 0.15) is 17.9 Å². The van der Waals surface area contributed by atoms with Crippen molar-refractivity contribution in [3.8, 4) is 17.3 Å². The van der Waals surface area contributed by atoms with E-state index in [2.05, 4.69) is 15.3 Å². The van der Waals surface area contributed by atoms with Crippen LogP contribution in [0.25, 0.3) is 5.69 Å². The van der Waals surface area contributed by atoms with E-state index in [4.69, 9.17) is 50.0 Å². The molecule has 3 N–H and O–H groups in total. The van der Waals surface area contributed by atoms with Crippen molar-refractivity contribution in [1.29, 1.82) is 0 Å². The van der Waals surface area contributed by atoms with Crippen LogP contribution in [-0.4, -0.2) is 38.2 Å². The predicted molar refractivity (Wildman–Crippen MR) is 110 cm³/mol. The van der Waals surface area contributed by atoms with Crippen LogP contribution < -0.4 is 21.7 Å². The first kappa shape index (κ1) is 20.6. The second-order valence-electron chi connectivity index (χ2n) is 6.39. The first-order valence-corrected chi connectivity index (χ1v) is 9.74. The van der Waals surface area contributed by atoms with E-state index >= 15 is 0 Å². The summed E-state index contributed by atoms with van der Waals surface area (Å²) in [4.78, 5) is 25.5. The lowest BCUT2D eigenvalue weighted by molar-refractivity contribution is 0.194. The highest BCUT2D eigenvalue weighted by Gasteiger charge is 2.23. The minimum Gasteiger partial charge on any atom is -0.434 e. The van der Waals surface area contributed by atoms with E-state index in [1.165, 1.54) is 12.1 Å². The van der Waals surface area contributed by atoms with Gasteiger partial charge in [-0.1, -0.05) is 34.8 Å². The number of H-pyrrole nitrogens is 1. The minimum absolute atomic E-state index is 0.0680. The molecule has 3 heterocycles. The van der Waals surface area contributed by atoms with Crippen molar-refractivity contribution in [2.45, 2.75) is 12.3 Å². The summed E-state index contributed by atoms with van der Waals surface area (Å²) in [5, 5.41) is 12.0. The van der Waals surface area contributed by atoms with Gasteiger partial charge in [0.15, 0.2) is 10.9 Å². The van der Waals surface area contributed by atoms with Crippen molar-refractivity contribution in [3.63, 3.8) is 0 Å². The third kappa shape index (κ3) is 3.99. The molecule has 0 aliphatic carbocycles. The van der Waals surface area contributed by atoms with Gasteiger partial charge in [0, 0.05) is 24.2 Å². The number of nitrogens with one attached hydrogen (secondary N) is 1. The number of aromatic nitrogens is 5. The number of nitrogens with two attached hydrogens (primary N) is 1. The van der Waals surface area contributed by atoms with Crippen LogP contribution in [0.4, 0.5) is 5.82 Å². The molecule has 4 rings (SSSR count). The molecule has 30 heavy (non-hydrogen) atoms. The molecule has 10 nitrogen and oxygen atoms in total. The number of benzene rings is 1. The second kappa shape index (κ2) is 8.23. The molecular formula is C17H13Cl3N6O4. The first-order chi connectivity index (χ1) is 14.3. The fourth-order valence-corrected chi connectivity index (χ4v) is 3.75. The summed E-state index contributed by atoms with van der Waals surface area (Å²) in [5.74, 6) is -0.0615. The Kier molecular flexibility index (Phi) is 5.65. The van der Waals surface area contributed by atoms with E-state index in [0.717, 1.165) is 16.7 Å². The van der Waals surface area contributed by atoms with E-state index < -0.39 is 11.2 Å². The van der Waals surface area contributed by atoms with Crippen LogP contribution >= 0.6 is 34.8 Å². The molecule has 0 amide bonds. The van der Waals surface area contributed by atoms with Crippen molar-refractivity contribution in [2.75, 3.05) is 18.9 Å². The number of halogens is 3. The van der Waals surface area contributed by atoms with Gasteiger partial charge in [-0.2, -0.15) is 4.68 Å². The van der Waals surface area contributed by atoms with E-state index in [1.807, 2.05) is 4.98 Å². The molecule has 156 valence electrons. The number of nitrogens with zero attached hydrogens (tertiary/aromatic N) is 4. The van der Waals surface area contributed by atoms with E-state index in [1.54, 1.807) is 6.07 Å². The predicted octanol–water partition coefficient (Wildman–Crippen LogP) is 2.55. The fraction of sp³-hybridized carbons (Fsp3) is 0.235. The highest BCUT2D eigenvalue weighted by molar-refractivity contribution is 6.37. The molecule has 1 aliphatic rings. The number of aromatic amines is 1. The maximum Gasteiger partial charge on any atom is 0.349 e. The van der Waals surface area contributed by atoms with Crippen LogP contribution in [-0.2, 0) is 4.74 Å². The Hall–Kier alpha value is -2.66. The van der Waals surface area contributed by atoms with Gasteiger partial charge in [0.1, 0.15) is 0 Å². The molecule has 0 spiro atoms. The number of rotatable bonds is 4. The van der Waals surface area contributed by atoms with Crippen molar-refractivity contribution in [1.82, 2.24) is 25.0 Å². The summed E-state index contributed by atoms with van der Waals surface area (Å²) in [7, 11) is 0. The zero-order valence-electron chi connectivity index (χ0n) is 15.1. The summed E-state index contributed by atoms with van der Waals surface area (Å²) >= 11 is 18.8. The van der Waals surface area contributed by atoms with Crippen LogP contribution in [0.5, 0.6) is 11.6 Å². The quantitative estimate of drug-likeness (QED) is 0.592. The second-order valence-corrected chi connectivity index (χ2v) is 7.56. The van der Waals surface area contributed by atoms with Crippen LogP contribution in [0, 0.1) is 0 Å². The number of nitrogen functional groups attached to an aromatic ring is 1.